The van der Waals surface area contributed by atoms with E-state index in [-0.39, 0.29) is 24.5 Å². The molecule has 2 atom stereocenters. The van der Waals surface area contributed by atoms with Crippen LogP contribution in [0.25, 0.3) is 0 Å². The number of carbonyl (C=O) groups excluding carboxylic acids is 1. The summed E-state index contributed by atoms with van der Waals surface area (Å²) in [5, 5.41) is 9.31. The van der Waals surface area contributed by atoms with Crippen molar-refractivity contribution in [2.24, 2.45) is 5.92 Å². The van der Waals surface area contributed by atoms with E-state index < -0.39 is 0 Å². The number of carbonyl (C=O) groups is 1. The zero-order valence-corrected chi connectivity index (χ0v) is 12.0. The molecule has 3 heteroatoms. The molecule has 1 aliphatic heterocycles. The minimum absolute atomic E-state index is 0.104. The fraction of sp³-hybridized carbons (Fsp3) is 0.562. The van der Waals surface area contributed by atoms with Crippen LogP contribution in [0.4, 0.5) is 0 Å². The van der Waals surface area contributed by atoms with Gasteiger partial charge in [0, 0.05) is 24.8 Å². The van der Waals surface area contributed by atoms with Gasteiger partial charge >= 0.3 is 0 Å². The van der Waals surface area contributed by atoms with E-state index in [2.05, 4.69) is 6.92 Å². The van der Waals surface area contributed by atoms with Crippen molar-refractivity contribution >= 4 is 5.91 Å². The molecule has 1 amide bonds. The topological polar surface area (TPSA) is 40.5 Å². The van der Waals surface area contributed by atoms with E-state index in [9.17, 15) is 9.90 Å². The second-order valence-corrected chi connectivity index (χ2v) is 5.75. The quantitative estimate of drug-likeness (QED) is 0.888. The highest BCUT2D eigenvalue weighted by molar-refractivity contribution is 5.96. The average Bonchev–Trinajstić information content (AvgIpc) is 2.41. The van der Waals surface area contributed by atoms with Gasteiger partial charge in [0.05, 0.1) is 0 Å². The summed E-state index contributed by atoms with van der Waals surface area (Å²) in [5.74, 6) is 0.331. The number of benzene rings is 1. The molecule has 0 saturated carbocycles. The Kier molecular flexibility index (Phi) is 4.25. The minimum atomic E-state index is 0.104. The van der Waals surface area contributed by atoms with Crippen LogP contribution in [0.5, 0.6) is 0 Å². The molecule has 0 aromatic heterocycles. The van der Waals surface area contributed by atoms with E-state index in [4.69, 9.17) is 0 Å². The summed E-state index contributed by atoms with van der Waals surface area (Å²) >= 11 is 0. The highest BCUT2D eigenvalue weighted by atomic mass is 16.3. The van der Waals surface area contributed by atoms with E-state index in [1.807, 2.05) is 36.9 Å². The van der Waals surface area contributed by atoms with E-state index >= 15 is 0 Å². The Morgan fingerprint density at radius 2 is 2.11 bits per heavy atom. The molecular weight excluding hydrogens is 238 g/mol. The molecule has 1 aliphatic rings. The lowest BCUT2D eigenvalue weighted by atomic mass is 9.93. The fourth-order valence-corrected chi connectivity index (χ4v) is 2.74. The predicted molar refractivity (Wildman–Crippen MR) is 76.2 cm³/mol. The Morgan fingerprint density at radius 3 is 2.79 bits per heavy atom. The summed E-state index contributed by atoms with van der Waals surface area (Å²) in [6.07, 6.45) is 1.98. The first-order valence-electron chi connectivity index (χ1n) is 7.02. The molecule has 1 aromatic carbocycles. The molecule has 1 saturated heterocycles. The highest BCUT2D eigenvalue weighted by Crippen LogP contribution is 2.24. The van der Waals surface area contributed by atoms with Crippen LogP contribution in [-0.4, -0.2) is 35.1 Å². The van der Waals surface area contributed by atoms with Gasteiger partial charge in [-0.05, 0) is 51.2 Å². The van der Waals surface area contributed by atoms with Crippen molar-refractivity contribution in [1.29, 1.82) is 0 Å². The summed E-state index contributed by atoms with van der Waals surface area (Å²) in [4.78, 5) is 14.6. The minimum Gasteiger partial charge on any atom is -0.396 e. The van der Waals surface area contributed by atoms with E-state index in [1.54, 1.807) is 0 Å². The largest absolute Gasteiger partial charge is 0.396 e. The predicted octanol–water partition coefficient (Wildman–Crippen LogP) is 2.54. The molecule has 1 fully saturated rings. The van der Waals surface area contributed by atoms with Gasteiger partial charge in [0.1, 0.15) is 0 Å². The van der Waals surface area contributed by atoms with Gasteiger partial charge in [-0.3, -0.25) is 4.79 Å². The maximum absolute atomic E-state index is 12.7. The fourth-order valence-electron chi connectivity index (χ4n) is 2.74. The second-order valence-electron chi connectivity index (χ2n) is 5.75. The van der Waals surface area contributed by atoms with Gasteiger partial charge in [-0.25, -0.2) is 0 Å². The smallest absolute Gasteiger partial charge is 0.254 e. The summed E-state index contributed by atoms with van der Waals surface area (Å²) < 4.78 is 0. The second kappa shape index (κ2) is 5.74. The molecule has 2 unspecified atom stereocenters. The van der Waals surface area contributed by atoms with E-state index in [0.29, 0.717) is 6.54 Å². The monoisotopic (exact) mass is 261 g/mol. The Labute approximate surface area is 115 Å². The van der Waals surface area contributed by atoms with Gasteiger partial charge in [-0.15, -0.1) is 0 Å². The van der Waals surface area contributed by atoms with Crippen LogP contribution >= 0.6 is 0 Å². The lowest BCUT2D eigenvalue weighted by Crippen LogP contribution is -2.46. The van der Waals surface area contributed by atoms with Crippen molar-refractivity contribution < 1.29 is 9.90 Å². The van der Waals surface area contributed by atoms with Crippen molar-refractivity contribution in [3.05, 3.63) is 34.9 Å². The zero-order valence-electron chi connectivity index (χ0n) is 12.0. The summed E-state index contributed by atoms with van der Waals surface area (Å²) in [7, 11) is 0. The number of rotatable bonds is 2. The third-order valence-electron chi connectivity index (χ3n) is 4.12. The number of nitrogens with zero attached hydrogens (tertiary/aromatic N) is 1. The molecule has 1 aromatic rings. The van der Waals surface area contributed by atoms with Gasteiger partial charge < -0.3 is 10.0 Å². The Morgan fingerprint density at radius 1 is 1.37 bits per heavy atom. The third kappa shape index (κ3) is 2.98. The summed E-state index contributed by atoms with van der Waals surface area (Å²) in [6, 6.07) is 6.26. The number of piperidine rings is 1. The Balaban J connectivity index is 2.24. The number of hydrogen-bond acceptors (Lipinski definition) is 2. The SMILES string of the molecule is Cc1ccc(C)c(C(=O)N2CC(CO)CCC2C)c1. The molecular formula is C16H23NO2. The lowest BCUT2D eigenvalue weighted by molar-refractivity contribution is 0.0488. The molecule has 0 aliphatic carbocycles. The van der Waals surface area contributed by atoms with Crippen LogP contribution in [0.2, 0.25) is 0 Å². The molecule has 0 spiro atoms. The van der Waals surface area contributed by atoms with Crippen LogP contribution in [0.3, 0.4) is 0 Å². The standard InChI is InChI=1S/C16H23NO2/c1-11-4-5-12(2)15(8-11)16(19)17-9-14(10-18)7-6-13(17)3/h4-5,8,13-14,18H,6-7,9-10H2,1-3H3. The maximum Gasteiger partial charge on any atom is 0.254 e. The van der Waals surface area contributed by atoms with Gasteiger partial charge in [0.15, 0.2) is 0 Å². The number of aliphatic hydroxyl groups is 1. The molecule has 19 heavy (non-hydrogen) atoms. The first kappa shape index (κ1) is 14.1. The van der Waals surface area contributed by atoms with Crippen molar-refractivity contribution in [2.75, 3.05) is 13.2 Å². The van der Waals surface area contributed by atoms with E-state index in [0.717, 1.165) is 29.5 Å². The van der Waals surface area contributed by atoms with Gasteiger partial charge in [-0.1, -0.05) is 17.7 Å². The first-order chi connectivity index (χ1) is 9.02. The highest BCUT2D eigenvalue weighted by Gasteiger charge is 2.29. The van der Waals surface area contributed by atoms with Crippen LogP contribution in [0, 0.1) is 19.8 Å². The van der Waals surface area contributed by atoms with Crippen LogP contribution in [0.1, 0.15) is 41.3 Å². The molecule has 1 heterocycles. The van der Waals surface area contributed by atoms with Gasteiger partial charge in [0.2, 0.25) is 0 Å². The van der Waals surface area contributed by atoms with Crippen molar-refractivity contribution in [3.63, 3.8) is 0 Å². The van der Waals surface area contributed by atoms with Crippen molar-refractivity contribution in [3.8, 4) is 0 Å². The molecule has 104 valence electrons. The maximum atomic E-state index is 12.7. The normalized spacial score (nSPS) is 23.5. The van der Waals surface area contributed by atoms with Crippen molar-refractivity contribution in [1.82, 2.24) is 4.90 Å². The molecule has 3 nitrogen and oxygen atoms in total. The zero-order chi connectivity index (χ0) is 14.0. The van der Waals surface area contributed by atoms with E-state index in [1.165, 1.54) is 0 Å². The molecule has 0 bridgehead atoms. The Bertz CT molecular complexity index is 470. The molecule has 2 rings (SSSR count). The average molecular weight is 261 g/mol. The van der Waals surface area contributed by atoms with Gasteiger partial charge in [-0.2, -0.15) is 0 Å². The first-order valence-corrected chi connectivity index (χ1v) is 7.02. The lowest BCUT2D eigenvalue weighted by Gasteiger charge is -2.37. The van der Waals surface area contributed by atoms with Crippen molar-refractivity contribution in [2.45, 2.75) is 39.7 Å². The summed E-state index contributed by atoms with van der Waals surface area (Å²) in [5.41, 5.74) is 2.93. The third-order valence-corrected chi connectivity index (χ3v) is 4.12. The number of aryl methyl sites for hydroxylation is 2. The van der Waals surface area contributed by atoms with Crippen LogP contribution in [-0.2, 0) is 0 Å². The van der Waals surface area contributed by atoms with Crippen LogP contribution in [0.15, 0.2) is 18.2 Å². The number of amides is 1. The number of hydrogen-bond donors (Lipinski definition) is 1. The van der Waals surface area contributed by atoms with Gasteiger partial charge in [0.25, 0.3) is 5.91 Å². The Hall–Kier alpha value is -1.35. The summed E-state index contributed by atoms with van der Waals surface area (Å²) in [6.45, 7) is 6.92. The number of aliphatic hydroxyl groups excluding tert-OH is 1. The van der Waals surface area contributed by atoms with Crippen LogP contribution < -0.4 is 0 Å². The molecule has 0 radical (unpaired) electrons. The number of likely N-dealkylation sites (tertiary alicyclic amines) is 1. The molecule has 1 N–H and O–H groups in total.